The van der Waals surface area contributed by atoms with Gasteiger partial charge in [0.1, 0.15) is 6.54 Å². The molecule has 0 aliphatic carbocycles. The molecule has 5 heterocycles. The molecule has 7 rings (SSSR count). The fourth-order valence-corrected chi connectivity index (χ4v) is 11.9. The number of ether oxygens (including phenoxy) is 2. The van der Waals surface area contributed by atoms with Crippen LogP contribution in [0.1, 0.15) is 20.8 Å². The summed E-state index contributed by atoms with van der Waals surface area (Å²) in [5, 5.41) is 14.6. The van der Waals surface area contributed by atoms with Crippen LogP contribution in [0.5, 0.6) is 0 Å². The van der Waals surface area contributed by atoms with Crippen molar-refractivity contribution in [2.75, 3.05) is 92.3 Å². The zero-order valence-electron chi connectivity index (χ0n) is 36.0. The number of aromatic nitrogens is 6. The Morgan fingerprint density at radius 1 is 0.815 bits per heavy atom. The topological polar surface area (TPSA) is 245 Å². The Hall–Kier alpha value is -4.47. The van der Waals surface area contributed by atoms with E-state index in [4.69, 9.17) is 9.47 Å². The van der Waals surface area contributed by atoms with Crippen molar-refractivity contribution in [3.8, 4) is 0 Å². The summed E-state index contributed by atoms with van der Waals surface area (Å²) in [5.74, 6) is 1.34. The Kier molecular flexibility index (Phi) is 16.7. The molecule has 0 radical (unpaired) electrons. The highest BCUT2D eigenvalue weighted by atomic mass is 32.2. The van der Waals surface area contributed by atoms with Crippen molar-refractivity contribution in [2.24, 2.45) is 11.8 Å². The molecule has 0 saturated carbocycles. The standard InChI is InChI=1S/C40H50N12O7S6/c1-5-58-36(53)22-49-64(54,55)30-6-8-32-34(12-30)62-39(50-32)47-16-26(3)15-42-38-45-20-29(21-46-38)61-24-27-23-52(10-11-59-27)65(56,57)31-7-9-33-35(13-31)63-40(51-33)48-17-25(2)14-41-37-43-18-28(60-4)19-44-37/h6-9,12-13,18-21,25-27,49H,5,10-11,14-17,22-24H2,1-4H3,(H,47,50)(H,48,51)(H,41,43,44)(H,42,45,46). The Morgan fingerprint density at radius 2 is 1.35 bits per heavy atom. The van der Waals surface area contributed by atoms with Crippen LogP contribution in [0.25, 0.3) is 20.4 Å². The molecule has 1 saturated heterocycles. The van der Waals surface area contributed by atoms with Gasteiger partial charge in [-0.2, -0.15) is 9.03 Å². The molecule has 1 aliphatic heterocycles. The molecule has 25 heteroatoms. The molecule has 3 unspecified atom stereocenters. The van der Waals surface area contributed by atoms with Crippen LogP contribution >= 0.6 is 46.2 Å². The third-order valence-corrected chi connectivity index (χ3v) is 16.8. The molecule has 0 spiro atoms. The Balaban J connectivity index is 0.830. The van der Waals surface area contributed by atoms with E-state index in [1.54, 1.807) is 67.7 Å². The quantitative estimate of drug-likeness (QED) is 0.0390. The van der Waals surface area contributed by atoms with Gasteiger partial charge >= 0.3 is 5.97 Å². The maximum Gasteiger partial charge on any atom is 0.321 e. The molecule has 19 nitrogen and oxygen atoms in total. The Bertz CT molecular complexity index is 2760. The summed E-state index contributed by atoms with van der Waals surface area (Å²) < 4.78 is 69.0. The third-order valence-electron chi connectivity index (χ3n) is 9.83. The fraction of sp³-hybridized carbons (Fsp3) is 0.425. The van der Waals surface area contributed by atoms with E-state index in [1.165, 1.54) is 50.9 Å². The van der Waals surface area contributed by atoms with Gasteiger partial charge in [0.2, 0.25) is 31.9 Å². The number of sulfonamides is 2. The van der Waals surface area contributed by atoms with E-state index >= 15 is 0 Å². The molecular formula is C40H50N12O7S6. The van der Waals surface area contributed by atoms with Crippen LogP contribution in [-0.2, 0) is 34.3 Å². The molecule has 0 amide bonds. The SMILES string of the molecule is CCOC(=O)CNS(=O)(=O)c1ccc2nc(NCC(C)CNc3ncc(SCC4CN(S(=O)(=O)c5ccc6nc(NCC(C)CNc7ncc(SC)cn7)sc6c5)CCO4)cn3)sc2c1. The highest BCUT2D eigenvalue weighted by molar-refractivity contribution is 7.99. The second kappa shape index (κ2) is 22.3. The molecule has 1 fully saturated rings. The normalized spacial score (nSPS) is 15.7. The van der Waals surface area contributed by atoms with Crippen LogP contribution in [0.3, 0.4) is 0 Å². The maximum absolute atomic E-state index is 13.8. The first-order valence-corrected chi connectivity index (χ1v) is 27.4. The predicted octanol–water partition coefficient (Wildman–Crippen LogP) is 5.55. The minimum Gasteiger partial charge on any atom is -0.465 e. The molecule has 348 valence electrons. The first kappa shape index (κ1) is 48.5. The first-order valence-electron chi connectivity index (χ1n) is 20.6. The highest BCUT2D eigenvalue weighted by Gasteiger charge is 2.31. The van der Waals surface area contributed by atoms with Crippen LogP contribution in [0.15, 0.2) is 80.8 Å². The summed E-state index contributed by atoms with van der Waals surface area (Å²) >= 11 is 5.86. The number of carbonyl (C=O) groups is 1. The van der Waals surface area contributed by atoms with Crippen LogP contribution in [0.4, 0.5) is 22.2 Å². The summed E-state index contributed by atoms with van der Waals surface area (Å²) in [7, 11) is -7.68. The van der Waals surface area contributed by atoms with Gasteiger partial charge in [-0.3, -0.25) is 4.79 Å². The molecule has 3 atom stereocenters. The van der Waals surface area contributed by atoms with Gasteiger partial charge in [0, 0.05) is 79.6 Å². The van der Waals surface area contributed by atoms with E-state index in [0.29, 0.717) is 59.2 Å². The molecule has 4 aromatic heterocycles. The van der Waals surface area contributed by atoms with Gasteiger partial charge in [-0.05, 0) is 61.4 Å². The van der Waals surface area contributed by atoms with E-state index in [-0.39, 0.29) is 54.0 Å². The summed E-state index contributed by atoms with van der Waals surface area (Å²) in [6.07, 6.45) is 8.71. The van der Waals surface area contributed by atoms with Crippen molar-refractivity contribution in [2.45, 2.75) is 46.5 Å². The van der Waals surface area contributed by atoms with Gasteiger partial charge in [-0.15, -0.1) is 23.5 Å². The largest absolute Gasteiger partial charge is 0.465 e. The van der Waals surface area contributed by atoms with E-state index < -0.39 is 32.6 Å². The van der Waals surface area contributed by atoms with E-state index in [0.717, 1.165) is 25.1 Å². The van der Waals surface area contributed by atoms with Crippen molar-refractivity contribution in [1.29, 1.82) is 0 Å². The summed E-state index contributed by atoms with van der Waals surface area (Å²) in [5.41, 5.74) is 1.39. The first-order chi connectivity index (χ1) is 31.3. The van der Waals surface area contributed by atoms with Gasteiger partial charge in [-0.1, -0.05) is 36.5 Å². The lowest BCUT2D eigenvalue weighted by Crippen LogP contribution is -2.46. The van der Waals surface area contributed by atoms with Crippen molar-refractivity contribution in [1.82, 2.24) is 38.9 Å². The Morgan fingerprint density at radius 3 is 1.92 bits per heavy atom. The van der Waals surface area contributed by atoms with Crippen LogP contribution in [0, 0.1) is 11.8 Å². The lowest BCUT2D eigenvalue weighted by molar-refractivity contribution is -0.141. The molecule has 2 aromatic carbocycles. The highest BCUT2D eigenvalue weighted by Crippen LogP contribution is 2.31. The number of nitrogens with zero attached hydrogens (tertiary/aromatic N) is 7. The zero-order chi connectivity index (χ0) is 46.0. The van der Waals surface area contributed by atoms with Crippen molar-refractivity contribution >= 4 is 115 Å². The molecule has 65 heavy (non-hydrogen) atoms. The van der Waals surface area contributed by atoms with Crippen LogP contribution < -0.4 is 26.0 Å². The molecule has 5 N–H and O–H groups in total. The number of thiazole rings is 2. The number of nitrogens with one attached hydrogen (secondary N) is 5. The van der Waals surface area contributed by atoms with Crippen LogP contribution in [-0.4, -0.2) is 134 Å². The summed E-state index contributed by atoms with van der Waals surface area (Å²) in [4.78, 5) is 40.6. The number of fused-ring (bicyclic) bond motifs is 2. The maximum atomic E-state index is 13.8. The third kappa shape index (κ3) is 13.3. The number of esters is 1. The number of hydrogen-bond donors (Lipinski definition) is 5. The number of benzene rings is 2. The van der Waals surface area contributed by atoms with Gasteiger partial charge in [0.05, 0.1) is 49.5 Å². The number of morpholine rings is 1. The Labute approximate surface area is 394 Å². The van der Waals surface area contributed by atoms with Gasteiger partial charge in [-0.25, -0.2) is 46.7 Å². The minimum absolute atomic E-state index is 0.0349. The molecular weight excluding hydrogens is 953 g/mol. The molecule has 6 aromatic rings. The number of rotatable bonds is 23. The summed E-state index contributed by atoms with van der Waals surface area (Å²) in [6.45, 7) is 8.82. The molecule has 0 bridgehead atoms. The zero-order valence-corrected chi connectivity index (χ0v) is 40.9. The fourth-order valence-electron chi connectivity index (χ4n) is 6.28. The number of anilines is 4. The minimum atomic E-state index is -3.90. The summed E-state index contributed by atoms with van der Waals surface area (Å²) in [6, 6.07) is 9.69. The van der Waals surface area contributed by atoms with E-state index in [2.05, 4.69) is 69.7 Å². The van der Waals surface area contributed by atoms with Crippen LogP contribution in [0.2, 0.25) is 0 Å². The second-order valence-electron chi connectivity index (χ2n) is 15.0. The van der Waals surface area contributed by atoms with Crippen molar-refractivity contribution in [3.05, 3.63) is 61.2 Å². The molecule has 1 aliphatic rings. The smallest absolute Gasteiger partial charge is 0.321 e. The predicted molar refractivity (Wildman–Crippen MR) is 258 cm³/mol. The second-order valence-corrected chi connectivity index (χ2v) is 22.8. The van der Waals surface area contributed by atoms with Gasteiger partial charge in [0.25, 0.3) is 0 Å². The van der Waals surface area contributed by atoms with Crippen molar-refractivity contribution < 1.29 is 31.1 Å². The van der Waals surface area contributed by atoms with E-state index in [9.17, 15) is 21.6 Å². The monoisotopic (exact) mass is 1000 g/mol. The van der Waals surface area contributed by atoms with E-state index in [1.807, 2.05) is 6.26 Å². The number of carbonyl (C=O) groups excluding carboxylic acids is 1. The average molecular weight is 1000 g/mol. The van der Waals surface area contributed by atoms with Crippen molar-refractivity contribution in [3.63, 3.8) is 0 Å². The number of hydrogen-bond acceptors (Lipinski definition) is 21. The number of thioether (sulfide) groups is 2. The van der Waals surface area contributed by atoms with Gasteiger partial charge < -0.3 is 30.7 Å². The lowest BCUT2D eigenvalue weighted by Gasteiger charge is -2.32. The average Bonchev–Trinajstić information content (AvgIpc) is 3.94. The lowest BCUT2D eigenvalue weighted by atomic mass is 10.2. The van der Waals surface area contributed by atoms with Gasteiger partial charge in [0.15, 0.2) is 10.3 Å².